The Labute approximate surface area is 231 Å². The highest BCUT2D eigenvalue weighted by Gasteiger charge is 2.53. The smallest absolute Gasteiger partial charge is 0.263 e. The summed E-state index contributed by atoms with van der Waals surface area (Å²) >= 11 is 0. The molecule has 0 aliphatic carbocycles. The summed E-state index contributed by atoms with van der Waals surface area (Å²) in [6.45, 7) is 2.09. The van der Waals surface area contributed by atoms with Gasteiger partial charge in [-0.2, -0.15) is 4.98 Å². The van der Waals surface area contributed by atoms with Crippen LogP contribution in [0, 0.1) is 6.92 Å². The van der Waals surface area contributed by atoms with Crippen molar-refractivity contribution >= 4 is 40.2 Å². The molecule has 4 heteroatoms. The molecule has 0 saturated heterocycles. The molecule has 6 aromatic rings. The number of nitrogens with one attached hydrogen (secondary N) is 1. The molecule has 0 saturated carbocycles. The van der Waals surface area contributed by atoms with Gasteiger partial charge in [0.25, 0.3) is 11.3 Å². The summed E-state index contributed by atoms with van der Waals surface area (Å²) in [5.74, 6) is 1.26. The topological polar surface area (TPSA) is 38.1 Å². The second kappa shape index (κ2) is 11.5. The van der Waals surface area contributed by atoms with E-state index < -0.39 is 7.26 Å². The van der Waals surface area contributed by atoms with E-state index in [0.717, 1.165) is 16.7 Å². The molecule has 1 aromatic heterocycles. The lowest BCUT2D eigenvalue weighted by Gasteiger charge is -2.25. The van der Waals surface area contributed by atoms with Crippen LogP contribution in [0.2, 0.25) is 0 Å². The fourth-order valence-corrected chi connectivity index (χ4v) is 9.00. The Kier molecular flexibility index (Phi) is 7.72. The van der Waals surface area contributed by atoms with E-state index in [2.05, 4.69) is 128 Å². The van der Waals surface area contributed by atoms with Gasteiger partial charge in [0.05, 0.1) is 0 Å². The molecule has 5 aromatic carbocycles. The molecule has 6 rings (SSSR count). The van der Waals surface area contributed by atoms with Crippen molar-refractivity contribution in [1.82, 2.24) is 4.98 Å². The van der Waals surface area contributed by atoms with Gasteiger partial charge in [0.2, 0.25) is 5.89 Å². The molecule has 3 nitrogen and oxygen atoms in total. The fourth-order valence-electron chi connectivity index (χ4n) is 4.86. The Balaban J connectivity index is 0.00000308. The summed E-state index contributed by atoms with van der Waals surface area (Å²) in [6, 6.07) is 50.7. The highest BCUT2D eigenvalue weighted by atomic mass is 31.2. The van der Waals surface area contributed by atoms with Crippen molar-refractivity contribution in [3.05, 3.63) is 151 Å². The van der Waals surface area contributed by atoms with Crippen molar-refractivity contribution in [3.63, 3.8) is 0 Å². The predicted octanol–water partition coefficient (Wildman–Crippen LogP) is 7.65. The summed E-state index contributed by atoms with van der Waals surface area (Å²) in [5, 5.41) is 7.26. The van der Waals surface area contributed by atoms with Crippen molar-refractivity contribution in [1.29, 1.82) is 0 Å². The SMILES string of the molecule is C.Cc1ccc(Nc2oc(-c3ccccc3)nc2[P+](c2ccccc2)(c2ccccc2)c2ccccc2)cc1. The summed E-state index contributed by atoms with van der Waals surface area (Å²) in [6.07, 6.45) is 0. The lowest BCUT2D eigenvalue weighted by molar-refractivity contribution is 0.592. The monoisotopic (exact) mass is 527 g/mol. The molecule has 0 amide bonds. The van der Waals surface area contributed by atoms with Crippen LogP contribution < -0.4 is 26.7 Å². The molecule has 0 spiro atoms. The zero-order valence-corrected chi connectivity index (χ0v) is 22.1. The molecule has 0 unspecified atom stereocenters. The number of aromatic nitrogens is 1. The number of nitrogens with zero attached hydrogens (tertiary/aromatic N) is 1. The molecule has 1 N–H and O–H groups in total. The molecule has 39 heavy (non-hydrogen) atoms. The van der Waals surface area contributed by atoms with E-state index in [1.165, 1.54) is 21.5 Å². The van der Waals surface area contributed by atoms with Crippen LogP contribution in [0.15, 0.2) is 150 Å². The van der Waals surface area contributed by atoms with Gasteiger partial charge < -0.3 is 9.73 Å². The Hall–Kier alpha value is -4.46. The van der Waals surface area contributed by atoms with Gasteiger partial charge in [-0.1, -0.05) is 97.9 Å². The van der Waals surface area contributed by atoms with Gasteiger partial charge in [-0.3, -0.25) is 0 Å². The molecule has 0 aliphatic heterocycles. The number of oxazole rings is 1. The molecule has 192 valence electrons. The van der Waals surface area contributed by atoms with Crippen LogP contribution in [0.5, 0.6) is 0 Å². The van der Waals surface area contributed by atoms with Crippen molar-refractivity contribution in [2.75, 3.05) is 5.32 Å². The second-order valence-electron chi connectivity index (χ2n) is 9.21. The van der Waals surface area contributed by atoms with E-state index >= 15 is 0 Å². The van der Waals surface area contributed by atoms with Crippen molar-refractivity contribution in [2.24, 2.45) is 0 Å². The molecular formula is C35H32N2OP+. The Morgan fingerprint density at radius 2 is 1.00 bits per heavy atom. The van der Waals surface area contributed by atoms with Gasteiger partial charge in [-0.05, 0) is 67.6 Å². The van der Waals surface area contributed by atoms with Gasteiger partial charge in [-0.15, -0.1) is 0 Å². The number of hydrogen-bond donors (Lipinski definition) is 1. The summed E-state index contributed by atoms with van der Waals surface area (Å²) in [4.78, 5) is 5.32. The van der Waals surface area contributed by atoms with Crippen LogP contribution in [-0.2, 0) is 0 Å². The summed E-state index contributed by atoms with van der Waals surface area (Å²) in [7, 11) is -2.46. The van der Waals surface area contributed by atoms with Gasteiger partial charge in [-0.25, -0.2) is 0 Å². The van der Waals surface area contributed by atoms with Crippen LogP contribution >= 0.6 is 7.26 Å². The zero-order valence-electron chi connectivity index (χ0n) is 21.2. The Morgan fingerprint density at radius 1 is 0.564 bits per heavy atom. The first-order chi connectivity index (χ1) is 18.7. The van der Waals surface area contributed by atoms with Gasteiger partial charge >= 0.3 is 0 Å². The maximum atomic E-state index is 6.61. The quantitative estimate of drug-likeness (QED) is 0.217. The normalized spacial score (nSPS) is 11.0. The van der Waals surface area contributed by atoms with Crippen LogP contribution in [-0.4, -0.2) is 4.98 Å². The minimum absolute atomic E-state index is 0. The van der Waals surface area contributed by atoms with Gasteiger partial charge in [0.15, 0.2) is 7.26 Å². The molecular weight excluding hydrogens is 495 g/mol. The van der Waals surface area contributed by atoms with Crippen LogP contribution in [0.25, 0.3) is 11.5 Å². The average Bonchev–Trinajstić information content (AvgIpc) is 3.41. The average molecular weight is 528 g/mol. The van der Waals surface area contributed by atoms with Crippen LogP contribution in [0.3, 0.4) is 0 Å². The Morgan fingerprint density at radius 3 is 1.46 bits per heavy atom. The highest BCUT2D eigenvalue weighted by molar-refractivity contribution is 8.01. The first kappa shape index (κ1) is 26.2. The van der Waals surface area contributed by atoms with Crippen molar-refractivity contribution < 1.29 is 4.42 Å². The molecule has 0 bridgehead atoms. The number of benzene rings is 5. The number of anilines is 2. The van der Waals surface area contributed by atoms with Crippen molar-refractivity contribution in [2.45, 2.75) is 14.4 Å². The number of rotatable bonds is 7. The first-order valence-corrected chi connectivity index (χ1v) is 14.5. The highest BCUT2D eigenvalue weighted by Crippen LogP contribution is 2.56. The summed E-state index contributed by atoms with van der Waals surface area (Å²) in [5.41, 5.74) is 4.02. The van der Waals surface area contributed by atoms with E-state index in [1.54, 1.807) is 0 Å². The molecule has 0 atom stereocenters. The first-order valence-electron chi connectivity index (χ1n) is 12.7. The minimum atomic E-state index is -2.46. The van der Waals surface area contributed by atoms with E-state index in [0.29, 0.717) is 11.8 Å². The van der Waals surface area contributed by atoms with Crippen molar-refractivity contribution in [3.8, 4) is 11.5 Å². The fraction of sp³-hybridized carbons (Fsp3) is 0.0571. The van der Waals surface area contributed by atoms with E-state index in [-0.39, 0.29) is 7.43 Å². The Bertz CT molecular complexity index is 1520. The molecule has 0 fully saturated rings. The van der Waals surface area contributed by atoms with E-state index in [9.17, 15) is 0 Å². The third-order valence-corrected chi connectivity index (χ3v) is 10.8. The maximum Gasteiger partial charge on any atom is 0.263 e. The zero-order chi connectivity index (χ0) is 25.8. The minimum Gasteiger partial charge on any atom is -0.416 e. The third-order valence-electron chi connectivity index (χ3n) is 6.69. The predicted molar refractivity (Wildman–Crippen MR) is 168 cm³/mol. The lowest BCUT2D eigenvalue weighted by atomic mass is 10.2. The standard InChI is InChI=1S/C34H28N2OP.CH4/c1-26-22-24-28(25-23-26)35-33-34(36-32(37-33)27-14-6-2-7-15-27)38(29-16-8-3-9-17-29,30-18-10-4-11-19-30)31-20-12-5-13-21-31;/h2-25,35H,1H3;1H4/q+1;. The van der Waals surface area contributed by atoms with E-state index in [1.807, 2.05) is 30.3 Å². The van der Waals surface area contributed by atoms with Crippen LogP contribution in [0.4, 0.5) is 11.6 Å². The number of aryl methyl sites for hydroxylation is 1. The molecule has 0 radical (unpaired) electrons. The second-order valence-corrected chi connectivity index (χ2v) is 12.5. The van der Waals surface area contributed by atoms with Gasteiger partial charge in [0.1, 0.15) is 15.9 Å². The molecule has 0 aliphatic rings. The molecule has 1 heterocycles. The largest absolute Gasteiger partial charge is 0.416 e. The number of hydrogen-bond acceptors (Lipinski definition) is 3. The maximum absolute atomic E-state index is 6.61. The van der Waals surface area contributed by atoms with E-state index in [4.69, 9.17) is 9.40 Å². The summed E-state index contributed by atoms with van der Waals surface area (Å²) < 4.78 is 6.61. The van der Waals surface area contributed by atoms with Crippen LogP contribution in [0.1, 0.15) is 13.0 Å². The third kappa shape index (κ3) is 5.02. The van der Waals surface area contributed by atoms with Gasteiger partial charge in [0, 0.05) is 11.3 Å². The lowest BCUT2D eigenvalue weighted by Crippen LogP contribution is -2.40.